The van der Waals surface area contributed by atoms with Crippen LogP contribution in [0.4, 0.5) is 5.82 Å². The molecule has 2 aliphatic rings. The zero-order valence-corrected chi connectivity index (χ0v) is 15.8. The van der Waals surface area contributed by atoms with Crippen LogP contribution in [0.25, 0.3) is 5.82 Å². The van der Waals surface area contributed by atoms with Crippen LogP contribution in [-0.2, 0) is 4.74 Å². The minimum Gasteiger partial charge on any atom is -0.373 e. The van der Waals surface area contributed by atoms with Gasteiger partial charge in [0, 0.05) is 5.69 Å². The van der Waals surface area contributed by atoms with Gasteiger partial charge in [0.15, 0.2) is 5.82 Å². The van der Waals surface area contributed by atoms with Crippen LogP contribution in [0.2, 0.25) is 0 Å². The van der Waals surface area contributed by atoms with Gasteiger partial charge in [-0.2, -0.15) is 5.10 Å². The molecule has 26 heavy (non-hydrogen) atoms. The lowest BCUT2D eigenvalue weighted by molar-refractivity contribution is -0.0322. The SMILES string of the molecule is Cc1cc(C)n(-c2cncc(N[C@H]3CCCC[C@@H]3OC3CCCC3)n2)n1. The monoisotopic (exact) mass is 355 g/mol. The quantitative estimate of drug-likeness (QED) is 0.879. The number of anilines is 1. The standard InChI is InChI=1S/C20H29N5O/c1-14-11-15(2)25(24-14)20-13-21-12-19(23-20)22-17-9-5-6-10-18(17)26-16-7-3-4-8-16/h11-13,16-18H,3-10H2,1-2H3,(H,22,23)/t17-,18-/m0/s1. The van der Waals surface area contributed by atoms with Crippen molar-refractivity contribution in [2.75, 3.05) is 5.32 Å². The van der Waals surface area contributed by atoms with Crippen molar-refractivity contribution in [3.05, 3.63) is 29.8 Å². The second kappa shape index (κ2) is 7.74. The summed E-state index contributed by atoms with van der Waals surface area (Å²) in [6, 6.07) is 2.36. The summed E-state index contributed by atoms with van der Waals surface area (Å²) in [5, 5.41) is 8.12. The van der Waals surface area contributed by atoms with Gasteiger partial charge in [0.05, 0.1) is 36.3 Å². The molecule has 2 saturated carbocycles. The smallest absolute Gasteiger partial charge is 0.174 e. The fourth-order valence-corrected chi connectivity index (χ4v) is 4.27. The van der Waals surface area contributed by atoms with E-state index in [4.69, 9.17) is 9.72 Å². The Morgan fingerprint density at radius 3 is 2.58 bits per heavy atom. The number of nitrogens with one attached hydrogen (secondary N) is 1. The zero-order chi connectivity index (χ0) is 17.9. The number of nitrogens with zero attached hydrogens (tertiary/aromatic N) is 4. The molecular weight excluding hydrogens is 326 g/mol. The fourth-order valence-electron chi connectivity index (χ4n) is 4.27. The van der Waals surface area contributed by atoms with Crippen LogP contribution in [0, 0.1) is 13.8 Å². The summed E-state index contributed by atoms with van der Waals surface area (Å²) < 4.78 is 8.29. The first-order valence-corrected chi connectivity index (χ1v) is 9.97. The molecule has 2 aliphatic carbocycles. The predicted octanol–water partition coefficient (Wildman–Crippen LogP) is 3.96. The van der Waals surface area contributed by atoms with Crippen molar-refractivity contribution >= 4 is 5.82 Å². The average Bonchev–Trinajstić information content (AvgIpc) is 3.26. The molecule has 2 atom stereocenters. The zero-order valence-electron chi connectivity index (χ0n) is 15.8. The van der Waals surface area contributed by atoms with E-state index in [2.05, 4.69) is 15.4 Å². The third-order valence-electron chi connectivity index (χ3n) is 5.55. The van der Waals surface area contributed by atoms with E-state index in [9.17, 15) is 0 Å². The summed E-state index contributed by atoms with van der Waals surface area (Å²) in [5.74, 6) is 1.56. The molecular formula is C20H29N5O. The molecule has 6 heteroatoms. The minimum absolute atomic E-state index is 0.283. The van der Waals surface area contributed by atoms with Gasteiger partial charge in [-0.3, -0.25) is 4.98 Å². The lowest BCUT2D eigenvalue weighted by Crippen LogP contribution is -2.40. The Morgan fingerprint density at radius 1 is 1.04 bits per heavy atom. The Labute approximate surface area is 155 Å². The third kappa shape index (κ3) is 3.90. The molecule has 4 rings (SSSR count). The van der Waals surface area contributed by atoms with Crippen molar-refractivity contribution in [2.24, 2.45) is 0 Å². The van der Waals surface area contributed by atoms with Crippen LogP contribution >= 0.6 is 0 Å². The number of hydrogen-bond acceptors (Lipinski definition) is 5. The molecule has 0 aromatic carbocycles. The molecule has 140 valence electrons. The minimum atomic E-state index is 0.283. The highest BCUT2D eigenvalue weighted by Crippen LogP contribution is 2.29. The molecule has 0 spiro atoms. The van der Waals surface area contributed by atoms with E-state index in [1.807, 2.05) is 24.6 Å². The van der Waals surface area contributed by atoms with Gasteiger partial charge in [0.1, 0.15) is 5.82 Å². The highest BCUT2D eigenvalue weighted by atomic mass is 16.5. The number of rotatable bonds is 5. The topological polar surface area (TPSA) is 64.9 Å². The van der Waals surface area contributed by atoms with Crippen LogP contribution in [0.15, 0.2) is 18.5 Å². The Kier molecular flexibility index (Phi) is 5.20. The maximum Gasteiger partial charge on any atom is 0.174 e. The molecule has 0 bridgehead atoms. The third-order valence-corrected chi connectivity index (χ3v) is 5.55. The van der Waals surface area contributed by atoms with E-state index in [1.165, 1.54) is 38.5 Å². The van der Waals surface area contributed by atoms with Gasteiger partial charge < -0.3 is 10.1 Å². The van der Waals surface area contributed by atoms with Crippen molar-refractivity contribution in [1.82, 2.24) is 19.7 Å². The Hall–Kier alpha value is -1.95. The molecule has 2 aromatic rings. The van der Waals surface area contributed by atoms with E-state index in [0.717, 1.165) is 35.9 Å². The average molecular weight is 355 g/mol. The summed E-state index contributed by atoms with van der Waals surface area (Å²) in [6.45, 7) is 4.03. The van der Waals surface area contributed by atoms with E-state index in [1.54, 1.807) is 12.4 Å². The van der Waals surface area contributed by atoms with Gasteiger partial charge >= 0.3 is 0 Å². The molecule has 0 amide bonds. The van der Waals surface area contributed by atoms with Gasteiger partial charge in [-0.1, -0.05) is 25.7 Å². The Bertz CT molecular complexity index is 738. The number of aromatic nitrogens is 4. The van der Waals surface area contributed by atoms with Crippen molar-refractivity contribution < 1.29 is 4.74 Å². The van der Waals surface area contributed by atoms with Crippen LogP contribution in [0.5, 0.6) is 0 Å². The molecule has 0 radical (unpaired) electrons. The number of hydrogen-bond donors (Lipinski definition) is 1. The maximum atomic E-state index is 6.45. The van der Waals surface area contributed by atoms with Crippen molar-refractivity contribution in [3.63, 3.8) is 0 Å². The van der Waals surface area contributed by atoms with Crippen molar-refractivity contribution in [2.45, 2.75) is 83.5 Å². The fraction of sp³-hybridized carbons (Fsp3) is 0.650. The molecule has 0 saturated heterocycles. The molecule has 0 aliphatic heterocycles. The molecule has 1 N–H and O–H groups in total. The Balaban J connectivity index is 1.48. The van der Waals surface area contributed by atoms with Crippen LogP contribution in [-0.4, -0.2) is 38.0 Å². The summed E-state index contributed by atoms with van der Waals surface area (Å²) in [7, 11) is 0. The number of ether oxygens (including phenoxy) is 1. The molecule has 6 nitrogen and oxygen atoms in total. The van der Waals surface area contributed by atoms with Gasteiger partial charge in [0.2, 0.25) is 0 Å². The molecule has 0 unspecified atom stereocenters. The van der Waals surface area contributed by atoms with Crippen molar-refractivity contribution in [1.29, 1.82) is 0 Å². The van der Waals surface area contributed by atoms with Crippen molar-refractivity contribution in [3.8, 4) is 5.82 Å². The molecule has 2 fully saturated rings. The predicted molar refractivity (Wildman–Crippen MR) is 102 cm³/mol. The molecule has 2 heterocycles. The Morgan fingerprint density at radius 2 is 1.81 bits per heavy atom. The van der Waals surface area contributed by atoms with Gasteiger partial charge in [-0.25, -0.2) is 9.67 Å². The van der Waals surface area contributed by atoms with Crippen LogP contribution in [0.3, 0.4) is 0 Å². The lowest BCUT2D eigenvalue weighted by atomic mass is 9.92. The first-order chi connectivity index (χ1) is 12.7. The second-order valence-corrected chi connectivity index (χ2v) is 7.72. The van der Waals surface area contributed by atoms with Gasteiger partial charge in [-0.15, -0.1) is 0 Å². The van der Waals surface area contributed by atoms with Gasteiger partial charge in [0.25, 0.3) is 0 Å². The summed E-state index contributed by atoms with van der Waals surface area (Å²) >= 11 is 0. The first kappa shape index (κ1) is 17.5. The summed E-state index contributed by atoms with van der Waals surface area (Å²) in [5.41, 5.74) is 2.05. The van der Waals surface area contributed by atoms with E-state index in [0.29, 0.717) is 12.1 Å². The van der Waals surface area contributed by atoms with Crippen LogP contribution < -0.4 is 5.32 Å². The van der Waals surface area contributed by atoms with E-state index < -0.39 is 0 Å². The normalized spacial score (nSPS) is 24.1. The van der Waals surface area contributed by atoms with Crippen LogP contribution in [0.1, 0.15) is 62.8 Å². The molecule has 2 aromatic heterocycles. The number of aryl methyl sites for hydroxylation is 2. The summed E-state index contributed by atoms with van der Waals surface area (Å²) in [6.07, 6.45) is 14.1. The first-order valence-electron chi connectivity index (χ1n) is 9.97. The van der Waals surface area contributed by atoms with E-state index in [-0.39, 0.29) is 6.10 Å². The lowest BCUT2D eigenvalue weighted by Gasteiger charge is -2.34. The second-order valence-electron chi connectivity index (χ2n) is 7.72. The highest BCUT2D eigenvalue weighted by molar-refractivity contribution is 5.38. The summed E-state index contributed by atoms with van der Waals surface area (Å²) in [4.78, 5) is 9.13. The maximum absolute atomic E-state index is 6.45. The largest absolute Gasteiger partial charge is 0.373 e. The highest BCUT2D eigenvalue weighted by Gasteiger charge is 2.29. The van der Waals surface area contributed by atoms with Gasteiger partial charge in [-0.05, 0) is 45.6 Å². The van der Waals surface area contributed by atoms with E-state index >= 15 is 0 Å².